The fourth-order valence-electron chi connectivity index (χ4n) is 2.23. The molecule has 1 atom stereocenters. The van der Waals surface area contributed by atoms with Gasteiger partial charge in [-0.25, -0.2) is 4.98 Å². The Hall–Kier alpha value is -2.32. The summed E-state index contributed by atoms with van der Waals surface area (Å²) in [7, 11) is 0. The minimum Gasteiger partial charge on any atom is -0.468 e. The van der Waals surface area contributed by atoms with Crippen molar-refractivity contribution in [1.29, 1.82) is 0 Å². The molecule has 0 radical (unpaired) electrons. The van der Waals surface area contributed by atoms with Gasteiger partial charge in [-0.15, -0.1) is 0 Å². The van der Waals surface area contributed by atoms with Crippen LogP contribution in [0.4, 0.5) is 13.2 Å². The maximum atomic E-state index is 12.4. The number of rotatable bonds is 9. The Kier molecular flexibility index (Phi) is 8.52. The van der Waals surface area contributed by atoms with E-state index in [0.29, 0.717) is 12.0 Å². The molecule has 0 aromatic carbocycles. The van der Waals surface area contributed by atoms with Crippen molar-refractivity contribution < 1.29 is 27.5 Å². The van der Waals surface area contributed by atoms with Crippen molar-refractivity contribution in [3.63, 3.8) is 0 Å². The number of pyridine rings is 1. The monoisotopic (exact) mass is 389 g/mol. The highest BCUT2D eigenvalue weighted by Gasteiger charge is 2.28. The zero-order valence-corrected chi connectivity index (χ0v) is 15.9. The largest absolute Gasteiger partial charge is 0.468 e. The van der Waals surface area contributed by atoms with E-state index in [9.17, 15) is 22.8 Å². The molecule has 2 N–H and O–H groups in total. The van der Waals surface area contributed by atoms with Crippen molar-refractivity contribution in [3.05, 3.63) is 23.9 Å². The first-order valence-corrected chi connectivity index (χ1v) is 8.69. The summed E-state index contributed by atoms with van der Waals surface area (Å²) in [5.74, 6) is -0.691. The quantitative estimate of drug-likeness (QED) is 0.681. The Labute approximate surface area is 156 Å². The van der Waals surface area contributed by atoms with E-state index in [1.54, 1.807) is 6.07 Å². The second-order valence-corrected chi connectivity index (χ2v) is 7.01. The number of nitrogens with one attached hydrogen (secondary N) is 2. The van der Waals surface area contributed by atoms with E-state index in [-0.39, 0.29) is 36.1 Å². The standard InChI is InChI=1S/C18H26F3N3O3/c1-11(2)7-14(25)24-16(12(3)4)17(26)23-9-13-5-6-22-15(8-13)27-10-18(19,20)21/h5-6,8,11-12,16H,7,9-10H2,1-4H3,(H,23,26)(H,24,25). The molecule has 0 fully saturated rings. The maximum absolute atomic E-state index is 12.4. The number of carbonyl (C=O) groups excluding carboxylic acids is 2. The molecule has 1 heterocycles. The number of hydrogen-bond donors (Lipinski definition) is 2. The summed E-state index contributed by atoms with van der Waals surface area (Å²) in [5, 5.41) is 5.40. The number of ether oxygens (including phenoxy) is 1. The van der Waals surface area contributed by atoms with Crippen LogP contribution in [-0.2, 0) is 16.1 Å². The minimum atomic E-state index is -4.45. The first kappa shape index (κ1) is 22.7. The molecular weight excluding hydrogens is 363 g/mol. The molecule has 6 nitrogen and oxygen atoms in total. The summed E-state index contributed by atoms with van der Waals surface area (Å²) in [6.07, 6.45) is -2.83. The molecule has 2 amide bonds. The lowest BCUT2D eigenvalue weighted by atomic mass is 10.0. The van der Waals surface area contributed by atoms with Gasteiger partial charge in [-0.05, 0) is 23.5 Å². The summed E-state index contributed by atoms with van der Waals surface area (Å²) in [4.78, 5) is 28.0. The molecule has 1 aromatic rings. The number of carbonyl (C=O) groups is 2. The molecule has 27 heavy (non-hydrogen) atoms. The zero-order valence-electron chi connectivity index (χ0n) is 15.9. The zero-order chi connectivity index (χ0) is 20.6. The van der Waals surface area contributed by atoms with Crippen LogP contribution in [0.15, 0.2) is 18.3 Å². The average Bonchev–Trinajstić information content (AvgIpc) is 2.54. The van der Waals surface area contributed by atoms with Gasteiger partial charge in [0.05, 0.1) is 0 Å². The lowest BCUT2D eigenvalue weighted by Crippen LogP contribution is -2.49. The molecule has 0 aliphatic heterocycles. The average molecular weight is 389 g/mol. The highest BCUT2D eigenvalue weighted by atomic mass is 19.4. The van der Waals surface area contributed by atoms with Crippen molar-refractivity contribution in [2.75, 3.05) is 6.61 Å². The summed E-state index contributed by atoms with van der Waals surface area (Å²) >= 11 is 0. The van der Waals surface area contributed by atoms with Gasteiger partial charge in [-0.1, -0.05) is 27.7 Å². The number of halogens is 3. The van der Waals surface area contributed by atoms with E-state index in [2.05, 4.69) is 20.4 Å². The van der Waals surface area contributed by atoms with Crippen LogP contribution in [0, 0.1) is 11.8 Å². The number of aromatic nitrogens is 1. The van der Waals surface area contributed by atoms with Gasteiger partial charge in [-0.3, -0.25) is 9.59 Å². The first-order valence-electron chi connectivity index (χ1n) is 8.69. The van der Waals surface area contributed by atoms with Gasteiger partial charge in [0, 0.05) is 25.2 Å². The lowest BCUT2D eigenvalue weighted by molar-refractivity contribution is -0.154. The van der Waals surface area contributed by atoms with Gasteiger partial charge < -0.3 is 15.4 Å². The smallest absolute Gasteiger partial charge is 0.422 e. The van der Waals surface area contributed by atoms with Gasteiger partial charge in [-0.2, -0.15) is 13.2 Å². The van der Waals surface area contributed by atoms with Gasteiger partial charge in [0.1, 0.15) is 6.04 Å². The molecule has 9 heteroatoms. The molecule has 0 aliphatic rings. The van der Waals surface area contributed by atoms with E-state index >= 15 is 0 Å². The summed E-state index contributed by atoms with van der Waals surface area (Å²) in [5.41, 5.74) is 0.534. The minimum absolute atomic E-state index is 0.0764. The van der Waals surface area contributed by atoms with Crippen LogP contribution in [0.3, 0.4) is 0 Å². The molecule has 0 bridgehead atoms. The van der Waals surface area contributed by atoms with Crippen LogP contribution in [0.2, 0.25) is 0 Å². The van der Waals surface area contributed by atoms with Crippen LogP contribution in [0.25, 0.3) is 0 Å². The van der Waals surface area contributed by atoms with Crippen molar-refractivity contribution in [2.24, 2.45) is 11.8 Å². The molecular formula is C18H26F3N3O3. The van der Waals surface area contributed by atoms with E-state index in [0.717, 1.165) is 0 Å². The number of nitrogens with zero attached hydrogens (tertiary/aromatic N) is 1. The fourth-order valence-corrected chi connectivity index (χ4v) is 2.23. The fraction of sp³-hybridized carbons (Fsp3) is 0.611. The molecule has 1 rings (SSSR count). The van der Waals surface area contributed by atoms with Crippen LogP contribution in [0.1, 0.15) is 39.7 Å². The first-order chi connectivity index (χ1) is 12.5. The number of amides is 2. The van der Waals surface area contributed by atoms with Crippen molar-refractivity contribution >= 4 is 11.8 Å². The molecule has 1 aromatic heterocycles. The molecule has 1 unspecified atom stereocenters. The van der Waals surface area contributed by atoms with Gasteiger partial charge >= 0.3 is 6.18 Å². The highest BCUT2D eigenvalue weighted by Crippen LogP contribution is 2.17. The highest BCUT2D eigenvalue weighted by molar-refractivity contribution is 5.87. The predicted molar refractivity (Wildman–Crippen MR) is 93.9 cm³/mol. The SMILES string of the molecule is CC(C)CC(=O)NC(C(=O)NCc1ccnc(OCC(F)(F)F)c1)C(C)C. The molecule has 0 aliphatic carbocycles. The number of hydrogen-bond acceptors (Lipinski definition) is 4. The Balaban J connectivity index is 2.64. The normalized spacial score (nSPS) is 12.8. The summed E-state index contributed by atoms with van der Waals surface area (Å²) in [6.45, 7) is 6.09. The second kappa shape index (κ2) is 10.1. The second-order valence-electron chi connectivity index (χ2n) is 7.01. The van der Waals surface area contributed by atoms with E-state index in [1.807, 2.05) is 27.7 Å². The van der Waals surface area contributed by atoms with E-state index in [4.69, 9.17) is 0 Å². The predicted octanol–water partition coefficient (Wildman–Crippen LogP) is 2.83. The lowest BCUT2D eigenvalue weighted by Gasteiger charge is -2.22. The Bertz CT molecular complexity index is 634. The summed E-state index contributed by atoms with van der Waals surface area (Å²) in [6, 6.07) is 2.19. The van der Waals surface area contributed by atoms with Crippen LogP contribution in [-0.4, -0.2) is 35.6 Å². The molecule has 152 valence electrons. The van der Waals surface area contributed by atoms with E-state index < -0.39 is 18.8 Å². The maximum Gasteiger partial charge on any atom is 0.422 e. The number of alkyl halides is 3. The third-order valence-electron chi connectivity index (χ3n) is 3.51. The van der Waals surface area contributed by atoms with Crippen LogP contribution < -0.4 is 15.4 Å². The van der Waals surface area contributed by atoms with Crippen LogP contribution in [0.5, 0.6) is 5.88 Å². The third kappa shape index (κ3) is 9.25. The molecule has 0 spiro atoms. The van der Waals surface area contributed by atoms with Crippen molar-refractivity contribution in [2.45, 2.75) is 52.9 Å². The van der Waals surface area contributed by atoms with Crippen LogP contribution >= 0.6 is 0 Å². The Morgan fingerprint density at radius 3 is 2.44 bits per heavy atom. The Morgan fingerprint density at radius 1 is 1.22 bits per heavy atom. The van der Waals surface area contributed by atoms with Gasteiger partial charge in [0.15, 0.2) is 6.61 Å². The summed E-state index contributed by atoms with van der Waals surface area (Å²) < 4.78 is 41.2. The van der Waals surface area contributed by atoms with Gasteiger partial charge in [0.25, 0.3) is 0 Å². The Morgan fingerprint density at radius 2 is 1.89 bits per heavy atom. The van der Waals surface area contributed by atoms with E-state index in [1.165, 1.54) is 12.3 Å². The topological polar surface area (TPSA) is 80.3 Å². The van der Waals surface area contributed by atoms with Crippen molar-refractivity contribution in [1.82, 2.24) is 15.6 Å². The van der Waals surface area contributed by atoms with Gasteiger partial charge in [0.2, 0.25) is 17.7 Å². The molecule has 0 saturated carbocycles. The third-order valence-corrected chi connectivity index (χ3v) is 3.51. The van der Waals surface area contributed by atoms with Crippen molar-refractivity contribution in [3.8, 4) is 5.88 Å². The molecule has 0 saturated heterocycles.